The number of rotatable bonds is 3. The highest BCUT2D eigenvalue weighted by atomic mass is 35.5. The Balaban J connectivity index is 1.80. The molecular formula is C20H16ClNO4. The monoisotopic (exact) mass is 369 g/mol. The summed E-state index contributed by atoms with van der Waals surface area (Å²) in [6.07, 6.45) is 0.187. The van der Waals surface area contributed by atoms with Gasteiger partial charge in [-0.1, -0.05) is 29.8 Å². The number of carbonyl (C=O) groups excluding carboxylic acids is 2. The Hall–Kier alpha value is -2.79. The molecule has 2 aromatic carbocycles. The highest BCUT2D eigenvalue weighted by molar-refractivity contribution is 6.31. The first-order chi connectivity index (χ1) is 12.6. The van der Waals surface area contributed by atoms with Crippen LogP contribution < -0.4 is 9.64 Å². The third-order valence-electron chi connectivity index (χ3n) is 4.70. The summed E-state index contributed by atoms with van der Waals surface area (Å²) in [5.41, 5.74) is 2.65. The Morgan fingerprint density at radius 2 is 1.92 bits per heavy atom. The summed E-state index contributed by atoms with van der Waals surface area (Å²) in [5, 5.41) is 0.528. The SMILES string of the molecule is COc1ccc(C2CC(=O)N(c3cccc(Cl)c3)C3=C2C(=O)OC3)cc1. The first-order valence-electron chi connectivity index (χ1n) is 8.21. The van der Waals surface area contributed by atoms with Crippen LogP contribution in [0.5, 0.6) is 5.75 Å². The van der Waals surface area contributed by atoms with Crippen molar-refractivity contribution in [1.82, 2.24) is 0 Å². The Bertz CT molecular complexity index is 920. The van der Waals surface area contributed by atoms with Gasteiger partial charge in [-0.25, -0.2) is 4.79 Å². The first-order valence-corrected chi connectivity index (χ1v) is 8.59. The molecule has 1 unspecified atom stereocenters. The van der Waals surface area contributed by atoms with E-state index in [2.05, 4.69) is 0 Å². The average molecular weight is 370 g/mol. The van der Waals surface area contributed by atoms with E-state index in [1.807, 2.05) is 24.3 Å². The quantitative estimate of drug-likeness (QED) is 0.774. The molecule has 0 saturated heterocycles. The van der Waals surface area contributed by atoms with Gasteiger partial charge in [-0.3, -0.25) is 9.69 Å². The normalized spacial score (nSPS) is 19.5. The highest BCUT2D eigenvalue weighted by Gasteiger charge is 2.42. The fourth-order valence-corrected chi connectivity index (χ4v) is 3.67. The van der Waals surface area contributed by atoms with Crippen LogP contribution in [-0.4, -0.2) is 25.6 Å². The lowest BCUT2D eigenvalue weighted by Gasteiger charge is -2.32. The number of benzene rings is 2. The minimum Gasteiger partial charge on any atom is -0.497 e. The fourth-order valence-electron chi connectivity index (χ4n) is 3.49. The summed E-state index contributed by atoms with van der Waals surface area (Å²) in [4.78, 5) is 26.9. The molecule has 1 amide bonds. The van der Waals surface area contributed by atoms with Crippen LogP contribution in [0, 0.1) is 0 Å². The zero-order valence-electron chi connectivity index (χ0n) is 14.1. The molecule has 0 fully saturated rings. The lowest BCUT2D eigenvalue weighted by atomic mass is 9.84. The number of hydrogen-bond donors (Lipinski definition) is 0. The van der Waals surface area contributed by atoms with Gasteiger partial charge in [-0.05, 0) is 35.9 Å². The molecule has 0 saturated carbocycles. The summed E-state index contributed by atoms with van der Waals surface area (Å²) >= 11 is 6.07. The molecule has 2 aliphatic rings. The fraction of sp³-hybridized carbons (Fsp3) is 0.200. The topological polar surface area (TPSA) is 55.8 Å². The second-order valence-electron chi connectivity index (χ2n) is 6.18. The first kappa shape index (κ1) is 16.7. The number of hydrogen-bond acceptors (Lipinski definition) is 4. The largest absolute Gasteiger partial charge is 0.497 e. The third kappa shape index (κ3) is 2.74. The number of esters is 1. The summed E-state index contributed by atoms with van der Waals surface area (Å²) in [7, 11) is 1.59. The highest BCUT2D eigenvalue weighted by Crippen LogP contribution is 2.42. The maximum atomic E-state index is 12.9. The molecular weight excluding hydrogens is 354 g/mol. The van der Waals surface area contributed by atoms with Gasteiger partial charge in [0.05, 0.1) is 24.1 Å². The average Bonchev–Trinajstić information content (AvgIpc) is 3.02. The summed E-state index contributed by atoms with van der Waals surface area (Å²) < 4.78 is 10.4. The molecule has 26 heavy (non-hydrogen) atoms. The van der Waals surface area contributed by atoms with Crippen molar-refractivity contribution in [2.75, 3.05) is 18.6 Å². The number of anilines is 1. The summed E-state index contributed by atoms with van der Waals surface area (Å²) in [5.74, 6) is -0.0704. The van der Waals surface area contributed by atoms with E-state index >= 15 is 0 Å². The van der Waals surface area contributed by atoms with Crippen molar-refractivity contribution < 1.29 is 19.1 Å². The lowest BCUT2D eigenvalue weighted by Crippen LogP contribution is -2.37. The van der Waals surface area contributed by atoms with Crippen LogP contribution in [0.1, 0.15) is 17.9 Å². The van der Waals surface area contributed by atoms with Crippen LogP contribution in [0.25, 0.3) is 0 Å². The Morgan fingerprint density at radius 3 is 2.62 bits per heavy atom. The van der Waals surface area contributed by atoms with E-state index < -0.39 is 0 Å². The molecule has 4 rings (SSSR count). The van der Waals surface area contributed by atoms with Gasteiger partial charge in [0, 0.05) is 17.4 Å². The van der Waals surface area contributed by atoms with E-state index in [9.17, 15) is 9.59 Å². The Morgan fingerprint density at radius 1 is 1.15 bits per heavy atom. The lowest BCUT2D eigenvalue weighted by molar-refractivity contribution is -0.136. The van der Waals surface area contributed by atoms with Gasteiger partial charge >= 0.3 is 5.97 Å². The number of cyclic esters (lactones) is 1. The number of ether oxygens (including phenoxy) is 2. The molecule has 2 aliphatic heterocycles. The van der Waals surface area contributed by atoms with Crippen molar-refractivity contribution in [3.63, 3.8) is 0 Å². The van der Waals surface area contributed by atoms with Gasteiger partial charge in [0.25, 0.3) is 0 Å². The van der Waals surface area contributed by atoms with Crippen molar-refractivity contribution in [3.05, 3.63) is 70.4 Å². The van der Waals surface area contributed by atoms with Crippen molar-refractivity contribution >= 4 is 29.2 Å². The van der Waals surface area contributed by atoms with Gasteiger partial charge in [0.15, 0.2) is 0 Å². The molecule has 2 heterocycles. The predicted molar refractivity (Wildman–Crippen MR) is 97.3 cm³/mol. The van der Waals surface area contributed by atoms with Crippen molar-refractivity contribution in [1.29, 1.82) is 0 Å². The number of halogens is 1. The van der Waals surface area contributed by atoms with Gasteiger partial charge in [0.1, 0.15) is 12.4 Å². The van der Waals surface area contributed by atoms with Crippen molar-refractivity contribution in [2.24, 2.45) is 0 Å². The Kier molecular flexibility index (Phi) is 4.17. The number of amides is 1. The number of nitrogens with zero attached hydrogens (tertiary/aromatic N) is 1. The van der Waals surface area contributed by atoms with Crippen LogP contribution in [0.15, 0.2) is 59.8 Å². The smallest absolute Gasteiger partial charge is 0.336 e. The molecule has 132 valence electrons. The molecule has 0 radical (unpaired) electrons. The van der Waals surface area contributed by atoms with Gasteiger partial charge in [-0.2, -0.15) is 0 Å². The third-order valence-corrected chi connectivity index (χ3v) is 4.94. The van der Waals surface area contributed by atoms with Gasteiger partial charge in [-0.15, -0.1) is 0 Å². The van der Waals surface area contributed by atoms with E-state index in [4.69, 9.17) is 21.1 Å². The summed E-state index contributed by atoms with van der Waals surface area (Å²) in [6.45, 7) is 0.0824. The van der Waals surface area contributed by atoms with E-state index in [0.29, 0.717) is 22.0 Å². The predicted octanol–water partition coefficient (Wildman–Crippen LogP) is 3.68. The van der Waals surface area contributed by atoms with E-state index in [1.165, 1.54) is 0 Å². The van der Waals surface area contributed by atoms with Crippen LogP contribution in [0.2, 0.25) is 5.02 Å². The summed E-state index contributed by atoms with van der Waals surface area (Å²) in [6, 6.07) is 14.4. The zero-order valence-corrected chi connectivity index (χ0v) is 14.8. The minimum absolute atomic E-state index is 0.0824. The second kappa shape index (κ2) is 6.50. The van der Waals surface area contributed by atoms with Gasteiger partial charge in [0.2, 0.25) is 5.91 Å². The molecule has 0 N–H and O–H groups in total. The molecule has 0 aromatic heterocycles. The van der Waals surface area contributed by atoms with Crippen molar-refractivity contribution in [2.45, 2.75) is 12.3 Å². The van der Waals surface area contributed by atoms with E-state index in [0.717, 1.165) is 11.3 Å². The maximum Gasteiger partial charge on any atom is 0.336 e. The number of carbonyl (C=O) groups is 2. The Labute approximate surface area is 155 Å². The molecule has 6 heteroatoms. The molecule has 5 nitrogen and oxygen atoms in total. The van der Waals surface area contributed by atoms with E-state index in [-0.39, 0.29) is 30.8 Å². The number of methoxy groups -OCH3 is 1. The van der Waals surface area contributed by atoms with Crippen LogP contribution in [0.3, 0.4) is 0 Å². The molecule has 0 aliphatic carbocycles. The minimum atomic E-state index is -0.375. The van der Waals surface area contributed by atoms with Gasteiger partial charge < -0.3 is 9.47 Å². The standard InChI is InChI=1S/C20H16ClNO4/c1-25-15-7-5-12(6-8-15)16-10-18(23)22(14-4-2-3-13(21)9-14)17-11-26-20(24)19(16)17/h2-9,16H,10-11H2,1H3. The molecule has 0 spiro atoms. The zero-order chi connectivity index (χ0) is 18.3. The van der Waals surface area contributed by atoms with Crippen LogP contribution in [0.4, 0.5) is 5.69 Å². The molecule has 2 aromatic rings. The molecule has 0 bridgehead atoms. The molecule has 1 atom stereocenters. The van der Waals surface area contributed by atoms with Crippen molar-refractivity contribution in [3.8, 4) is 5.75 Å². The van der Waals surface area contributed by atoms with Crippen LogP contribution in [-0.2, 0) is 14.3 Å². The second-order valence-corrected chi connectivity index (χ2v) is 6.61. The van der Waals surface area contributed by atoms with E-state index in [1.54, 1.807) is 36.3 Å². The van der Waals surface area contributed by atoms with Crippen LogP contribution >= 0.6 is 11.6 Å². The maximum absolute atomic E-state index is 12.9.